The van der Waals surface area contributed by atoms with Gasteiger partial charge in [0, 0.05) is 20.3 Å². The zero-order valence-electron chi connectivity index (χ0n) is 15.3. The van der Waals surface area contributed by atoms with Gasteiger partial charge in [0.15, 0.2) is 0 Å². The Hall–Kier alpha value is -0.0800. The van der Waals surface area contributed by atoms with Crippen LogP contribution in [0.2, 0.25) is 0 Å². The fourth-order valence-corrected chi connectivity index (χ4v) is 3.89. The SMILES string of the molecule is CCCNCC1(CCCCOC)CCC(C(C)(C)C)CC1. The maximum atomic E-state index is 5.21. The molecular formula is C19H39NO. The second-order valence-corrected chi connectivity index (χ2v) is 8.27. The third-order valence-electron chi connectivity index (χ3n) is 5.50. The molecule has 1 saturated carbocycles. The van der Waals surface area contributed by atoms with Crippen molar-refractivity contribution < 1.29 is 4.74 Å². The molecule has 0 bridgehead atoms. The van der Waals surface area contributed by atoms with Crippen LogP contribution in [-0.2, 0) is 4.74 Å². The average Bonchev–Trinajstić information content (AvgIpc) is 2.44. The zero-order valence-corrected chi connectivity index (χ0v) is 15.3. The van der Waals surface area contributed by atoms with E-state index in [4.69, 9.17) is 4.74 Å². The highest BCUT2D eigenvalue weighted by Gasteiger charge is 2.37. The van der Waals surface area contributed by atoms with Crippen molar-refractivity contribution in [1.82, 2.24) is 5.32 Å². The quantitative estimate of drug-likeness (QED) is 0.603. The Balaban J connectivity index is 2.50. The van der Waals surface area contributed by atoms with Crippen molar-refractivity contribution in [2.24, 2.45) is 16.7 Å². The van der Waals surface area contributed by atoms with Crippen molar-refractivity contribution in [3.63, 3.8) is 0 Å². The monoisotopic (exact) mass is 297 g/mol. The lowest BCUT2D eigenvalue weighted by Crippen LogP contribution is -2.40. The fourth-order valence-electron chi connectivity index (χ4n) is 3.89. The van der Waals surface area contributed by atoms with E-state index in [9.17, 15) is 0 Å². The summed E-state index contributed by atoms with van der Waals surface area (Å²) < 4.78 is 5.21. The Kier molecular flexibility index (Phi) is 8.26. The molecule has 0 atom stereocenters. The number of rotatable bonds is 9. The van der Waals surface area contributed by atoms with Crippen molar-refractivity contribution in [3.8, 4) is 0 Å². The lowest BCUT2D eigenvalue weighted by Gasteiger charge is -2.44. The number of ether oxygens (including phenoxy) is 1. The van der Waals surface area contributed by atoms with Gasteiger partial charge in [-0.15, -0.1) is 0 Å². The van der Waals surface area contributed by atoms with E-state index in [-0.39, 0.29) is 0 Å². The Morgan fingerprint density at radius 1 is 1.14 bits per heavy atom. The molecule has 0 aliphatic heterocycles. The molecule has 0 spiro atoms. The van der Waals surface area contributed by atoms with E-state index in [1.54, 1.807) is 0 Å². The van der Waals surface area contributed by atoms with E-state index >= 15 is 0 Å². The predicted octanol–water partition coefficient (Wildman–Crippen LogP) is 5.03. The molecular weight excluding hydrogens is 258 g/mol. The van der Waals surface area contributed by atoms with Crippen LogP contribution in [0.25, 0.3) is 0 Å². The van der Waals surface area contributed by atoms with Crippen LogP contribution in [0.5, 0.6) is 0 Å². The summed E-state index contributed by atoms with van der Waals surface area (Å²) >= 11 is 0. The van der Waals surface area contributed by atoms with E-state index in [2.05, 4.69) is 33.0 Å². The van der Waals surface area contributed by atoms with E-state index in [1.165, 1.54) is 64.5 Å². The average molecular weight is 298 g/mol. The first-order valence-electron chi connectivity index (χ1n) is 9.13. The van der Waals surface area contributed by atoms with Gasteiger partial charge in [0.25, 0.3) is 0 Å². The summed E-state index contributed by atoms with van der Waals surface area (Å²) in [6, 6.07) is 0. The molecule has 1 N–H and O–H groups in total. The topological polar surface area (TPSA) is 21.3 Å². The highest BCUT2D eigenvalue weighted by atomic mass is 16.5. The smallest absolute Gasteiger partial charge is 0.0462 e. The molecule has 1 fully saturated rings. The number of nitrogens with one attached hydrogen (secondary N) is 1. The highest BCUT2D eigenvalue weighted by Crippen LogP contribution is 2.47. The first-order valence-corrected chi connectivity index (χ1v) is 9.13. The molecule has 0 radical (unpaired) electrons. The molecule has 1 rings (SSSR count). The number of unbranched alkanes of at least 4 members (excludes halogenated alkanes) is 1. The summed E-state index contributed by atoms with van der Waals surface area (Å²) in [5.41, 5.74) is 1.05. The Bertz CT molecular complexity index is 261. The summed E-state index contributed by atoms with van der Waals surface area (Å²) in [4.78, 5) is 0. The van der Waals surface area contributed by atoms with Gasteiger partial charge in [-0.25, -0.2) is 0 Å². The maximum absolute atomic E-state index is 5.21. The van der Waals surface area contributed by atoms with Gasteiger partial charge in [0.1, 0.15) is 0 Å². The molecule has 2 nitrogen and oxygen atoms in total. The van der Waals surface area contributed by atoms with Crippen molar-refractivity contribution in [1.29, 1.82) is 0 Å². The van der Waals surface area contributed by atoms with E-state index in [1.807, 2.05) is 7.11 Å². The van der Waals surface area contributed by atoms with Gasteiger partial charge in [-0.2, -0.15) is 0 Å². The number of hydrogen-bond donors (Lipinski definition) is 1. The van der Waals surface area contributed by atoms with Crippen molar-refractivity contribution in [3.05, 3.63) is 0 Å². The minimum atomic E-state index is 0.485. The summed E-state index contributed by atoms with van der Waals surface area (Å²) in [6.45, 7) is 12.8. The molecule has 21 heavy (non-hydrogen) atoms. The summed E-state index contributed by atoms with van der Waals surface area (Å²) in [7, 11) is 1.81. The van der Waals surface area contributed by atoms with Gasteiger partial charge in [-0.05, 0) is 68.2 Å². The van der Waals surface area contributed by atoms with Crippen LogP contribution in [0.15, 0.2) is 0 Å². The van der Waals surface area contributed by atoms with E-state index in [0.717, 1.165) is 12.5 Å². The molecule has 126 valence electrons. The normalized spacial score (nSPS) is 27.0. The second-order valence-electron chi connectivity index (χ2n) is 8.27. The number of methoxy groups -OCH3 is 1. The van der Waals surface area contributed by atoms with Crippen LogP contribution in [0, 0.1) is 16.7 Å². The van der Waals surface area contributed by atoms with Gasteiger partial charge < -0.3 is 10.1 Å². The Morgan fingerprint density at radius 2 is 1.81 bits per heavy atom. The lowest BCUT2D eigenvalue weighted by atomic mass is 9.62. The third kappa shape index (κ3) is 6.69. The predicted molar refractivity (Wildman–Crippen MR) is 92.7 cm³/mol. The third-order valence-corrected chi connectivity index (χ3v) is 5.50. The minimum absolute atomic E-state index is 0.485. The van der Waals surface area contributed by atoms with Crippen LogP contribution in [0.3, 0.4) is 0 Å². The van der Waals surface area contributed by atoms with Crippen molar-refractivity contribution in [2.45, 2.75) is 79.1 Å². The van der Waals surface area contributed by atoms with E-state index < -0.39 is 0 Å². The molecule has 0 amide bonds. The Morgan fingerprint density at radius 3 is 2.33 bits per heavy atom. The van der Waals surface area contributed by atoms with Crippen molar-refractivity contribution in [2.75, 3.05) is 26.8 Å². The van der Waals surface area contributed by atoms with Crippen LogP contribution in [0.4, 0.5) is 0 Å². The first kappa shape index (κ1) is 19.0. The van der Waals surface area contributed by atoms with Gasteiger partial charge >= 0.3 is 0 Å². The lowest BCUT2D eigenvalue weighted by molar-refractivity contribution is 0.0755. The summed E-state index contributed by atoms with van der Waals surface area (Å²) in [5.74, 6) is 0.913. The van der Waals surface area contributed by atoms with Gasteiger partial charge in [-0.1, -0.05) is 34.1 Å². The Labute approximate surface area is 133 Å². The number of hydrogen-bond acceptors (Lipinski definition) is 2. The molecule has 1 aliphatic carbocycles. The largest absolute Gasteiger partial charge is 0.385 e. The minimum Gasteiger partial charge on any atom is -0.385 e. The zero-order chi connectivity index (χ0) is 15.8. The molecule has 0 aromatic carbocycles. The molecule has 2 heteroatoms. The molecule has 0 aromatic heterocycles. The molecule has 0 saturated heterocycles. The van der Waals surface area contributed by atoms with E-state index in [0.29, 0.717) is 10.8 Å². The molecule has 0 heterocycles. The standard InChI is InChI=1S/C19H39NO/c1-6-14-20-16-19(11-7-8-15-21-5)12-9-17(10-13-19)18(2,3)4/h17,20H,6-16H2,1-5H3. The van der Waals surface area contributed by atoms with Gasteiger partial charge in [0.2, 0.25) is 0 Å². The fraction of sp³-hybridized carbons (Fsp3) is 1.00. The van der Waals surface area contributed by atoms with Crippen LogP contribution in [0.1, 0.15) is 79.1 Å². The maximum Gasteiger partial charge on any atom is 0.0462 e. The molecule has 1 aliphatic rings. The van der Waals surface area contributed by atoms with Crippen LogP contribution in [-0.4, -0.2) is 26.8 Å². The molecule has 0 unspecified atom stereocenters. The molecule has 0 aromatic rings. The van der Waals surface area contributed by atoms with Gasteiger partial charge in [0.05, 0.1) is 0 Å². The highest BCUT2D eigenvalue weighted by molar-refractivity contribution is 4.90. The first-order chi connectivity index (χ1) is 9.93. The second kappa shape index (κ2) is 9.15. The summed E-state index contributed by atoms with van der Waals surface area (Å²) in [6.07, 6.45) is 10.8. The van der Waals surface area contributed by atoms with Gasteiger partial charge in [-0.3, -0.25) is 0 Å². The van der Waals surface area contributed by atoms with Crippen LogP contribution < -0.4 is 5.32 Å². The van der Waals surface area contributed by atoms with Crippen LogP contribution >= 0.6 is 0 Å². The van der Waals surface area contributed by atoms with Crippen molar-refractivity contribution >= 4 is 0 Å². The summed E-state index contributed by atoms with van der Waals surface area (Å²) in [5, 5.41) is 3.71.